The Morgan fingerprint density at radius 1 is 1.58 bits per heavy atom. The molecule has 0 aliphatic carbocycles. The van der Waals surface area contributed by atoms with Crippen molar-refractivity contribution in [2.75, 3.05) is 0 Å². The second-order valence-electron chi connectivity index (χ2n) is 6.00. The fourth-order valence-electron chi connectivity index (χ4n) is 3.37. The molecule has 1 amide bonds. The molecule has 0 radical (unpaired) electrons. The van der Waals surface area contributed by atoms with Crippen LogP contribution in [0.3, 0.4) is 0 Å². The van der Waals surface area contributed by atoms with E-state index in [2.05, 4.69) is 4.98 Å². The van der Waals surface area contributed by atoms with Crippen molar-refractivity contribution < 1.29 is 54.5 Å². The van der Waals surface area contributed by atoms with Crippen LogP contribution in [0.25, 0.3) is 6.08 Å². The predicted octanol–water partition coefficient (Wildman–Crippen LogP) is -2.84. The van der Waals surface area contributed by atoms with Gasteiger partial charge in [-0.05, 0) is 18.4 Å². The summed E-state index contributed by atoms with van der Waals surface area (Å²) in [4.78, 5) is 30.4. The van der Waals surface area contributed by atoms with Crippen LogP contribution in [0, 0.1) is 11.8 Å². The zero-order valence-electron chi connectivity index (χ0n) is 14.6. The van der Waals surface area contributed by atoms with Gasteiger partial charge in [0.25, 0.3) is 0 Å². The maximum Gasteiger partial charge on any atom is 1.00 e. The van der Waals surface area contributed by atoms with Crippen molar-refractivity contribution in [3.05, 3.63) is 32.1 Å². The number of aliphatic hydroxyl groups excluding tert-OH is 2. The number of aromatic nitrogens is 1. The Bertz CT molecular complexity index is 776. The third-order valence-electron chi connectivity index (χ3n) is 4.54. The quantitative estimate of drug-likeness (QED) is 0.388. The Hall–Kier alpha value is -0.680. The van der Waals surface area contributed by atoms with E-state index in [4.69, 9.17) is 0 Å². The van der Waals surface area contributed by atoms with Crippen LogP contribution in [0.1, 0.15) is 24.4 Å². The minimum absolute atomic E-state index is 0. The number of nitrogens with zero attached hydrogens (tertiary/aromatic N) is 2. The molecular formula is C16H17N2NaO5S2. The Kier molecular flexibility index (Phi) is 7.11. The number of carboxylic acids is 1. The smallest absolute Gasteiger partial charge is 0.543 e. The number of fused-ring (bicyclic) bond motifs is 1. The molecule has 1 saturated heterocycles. The zero-order valence-corrected chi connectivity index (χ0v) is 18.2. The van der Waals surface area contributed by atoms with E-state index in [0.717, 1.165) is 4.88 Å². The molecule has 0 spiro atoms. The van der Waals surface area contributed by atoms with E-state index >= 15 is 0 Å². The summed E-state index contributed by atoms with van der Waals surface area (Å²) in [6.07, 6.45) is 0.924. The number of carboxylic acid groups (broad SMARTS) is 1. The molecule has 7 nitrogen and oxygen atoms in total. The molecule has 1 aromatic heterocycles. The summed E-state index contributed by atoms with van der Waals surface area (Å²) in [7, 11) is 0. The number of thiazole rings is 1. The largest absolute Gasteiger partial charge is 1.00 e. The minimum atomic E-state index is -1.39. The summed E-state index contributed by atoms with van der Waals surface area (Å²) in [5.41, 5.74) is 2.07. The molecule has 2 aliphatic heterocycles. The Morgan fingerprint density at radius 3 is 2.85 bits per heavy atom. The maximum absolute atomic E-state index is 12.2. The first-order valence-corrected chi connectivity index (χ1v) is 9.47. The van der Waals surface area contributed by atoms with Gasteiger partial charge in [0.1, 0.15) is 0 Å². The molecule has 1 aromatic rings. The second-order valence-corrected chi connectivity index (χ2v) is 7.83. The molecule has 2 N–H and O–H groups in total. The molecule has 0 bridgehead atoms. The predicted molar refractivity (Wildman–Crippen MR) is 91.7 cm³/mol. The molecule has 1 fully saturated rings. The van der Waals surface area contributed by atoms with Crippen molar-refractivity contribution in [3.63, 3.8) is 0 Å². The maximum atomic E-state index is 12.2. The van der Waals surface area contributed by atoms with E-state index in [-0.39, 0.29) is 59.7 Å². The van der Waals surface area contributed by atoms with Crippen LogP contribution in [0.15, 0.2) is 21.5 Å². The average Bonchev–Trinajstić information content (AvgIpc) is 3.09. The van der Waals surface area contributed by atoms with Crippen molar-refractivity contribution >= 4 is 41.1 Å². The molecule has 0 saturated carbocycles. The van der Waals surface area contributed by atoms with E-state index in [9.17, 15) is 24.9 Å². The van der Waals surface area contributed by atoms with Crippen molar-refractivity contribution in [3.8, 4) is 0 Å². The van der Waals surface area contributed by atoms with Gasteiger partial charge in [0, 0.05) is 10.8 Å². The zero-order chi connectivity index (χ0) is 18.3. The van der Waals surface area contributed by atoms with Crippen LogP contribution in [-0.4, -0.2) is 44.1 Å². The number of carbonyl (C=O) groups excluding carboxylic acids is 2. The summed E-state index contributed by atoms with van der Waals surface area (Å²) >= 11 is 2.58. The van der Waals surface area contributed by atoms with Crippen LogP contribution in [0.2, 0.25) is 0 Å². The van der Waals surface area contributed by atoms with Crippen LogP contribution in [-0.2, 0) is 16.2 Å². The molecule has 0 aromatic carbocycles. The third kappa shape index (κ3) is 3.54. The Morgan fingerprint density at radius 2 is 2.27 bits per heavy atom. The molecular weight excluding hydrogens is 387 g/mol. The molecule has 26 heavy (non-hydrogen) atoms. The molecule has 4 atom stereocenters. The van der Waals surface area contributed by atoms with E-state index in [0.29, 0.717) is 10.6 Å². The minimum Gasteiger partial charge on any atom is -0.543 e. The van der Waals surface area contributed by atoms with Gasteiger partial charge in [-0.1, -0.05) is 18.7 Å². The van der Waals surface area contributed by atoms with Crippen LogP contribution in [0.5, 0.6) is 0 Å². The number of thioether (sulfide) groups is 1. The number of rotatable bonds is 6. The van der Waals surface area contributed by atoms with Crippen LogP contribution in [0.4, 0.5) is 0 Å². The van der Waals surface area contributed by atoms with E-state index in [1.54, 1.807) is 17.0 Å². The van der Waals surface area contributed by atoms with Gasteiger partial charge >= 0.3 is 29.6 Å². The topological polar surface area (TPSA) is 114 Å². The SMILES string of the molecule is C[C@@H](O)[C@H]1C(=O)N2C(C(=O)[O-])=C(S/C=C\c3scnc3CO)[C@H](C)[C@H]12.[Na+]. The summed E-state index contributed by atoms with van der Waals surface area (Å²) in [6.45, 7) is 3.21. The summed E-state index contributed by atoms with van der Waals surface area (Å²) in [5.74, 6) is -2.57. The van der Waals surface area contributed by atoms with Crippen molar-refractivity contribution in [2.45, 2.75) is 32.6 Å². The number of hydrogen-bond donors (Lipinski definition) is 2. The van der Waals surface area contributed by atoms with E-state index in [1.807, 2.05) is 6.92 Å². The van der Waals surface area contributed by atoms with Gasteiger partial charge in [-0.15, -0.1) is 11.3 Å². The Balaban J connectivity index is 0.00000243. The van der Waals surface area contributed by atoms with Crippen molar-refractivity contribution in [1.29, 1.82) is 0 Å². The van der Waals surface area contributed by atoms with Gasteiger partial charge < -0.3 is 25.0 Å². The molecule has 134 valence electrons. The van der Waals surface area contributed by atoms with Gasteiger partial charge in [-0.2, -0.15) is 0 Å². The van der Waals surface area contributed by atoms with Crippen LogP contribution >= 0.6 is 23.1 Å². The number of aliphatic carboxylic acids is 1. The molecule has 2 aliphatic rings. The second kappa shape index (κ2) is 8.55. The first-order valence-electron chi connectivity index (χ1n) is 7.71. The average molecular weight is 404 g/mol. The third-order valence-corrected chi connectivity index (χ3v) is 6.47. The fourth-order valence-corrected chi connectivity index (χ4v) is 5.15. The molecule has 0 unspecified atom stereocenters. The monoisotopic (exact) mass is 404 g/mol. The number of amides is 1. The van der Waals surface area contributed by atoms with Gasteiger partial charge in [0.2, 0.25) is 5.91 Å². The normalized spacial score (nSPS) is 25.9. The van der Waals surface area contributed by atoms with Gasteiger partial charge in [-0.25, -0.2) is 4.98 Å². The molecule has 3 heterocycles. The van der Waals surface area contributed by atoms with Gasteiger partial charge in [-0.3, -0.25) is 4.79 Å². The summed E-state index contributed by atoms with van der Waals surface area (Å²) in [5, 5.41) is 32.3. The van der Waals surface area contributed by atoms with E-state index in [1.165, 1.54) is 34.9 Å². The number of carbonyl (C=O) groups is 2. The Labute approximate surface area is 181 Å². The van der Waals surface area contributed by atoms with Gasteiger partial charge in [0.05, 0.1) is 52.4 Å². The number of β-lactam (4-membered cyclic amide) rings is 1. The summed E-state index contributed by atoms with van der Waals surface area (Å²) < 4.78 is 0. The van der Waals surface area contributed by atoms with Crippen molar-refractivity contribution in [1.82, 2.24) is 9.88 Å². The molecule has 10 heteroatoms. The molecule has 3 rings (SSSR count). The number of hydrogen-bond acceptors (Lipinski definition) is 8. The van der Waals surface area contributed by atoms with E-state index < -0.39 is 18.0 Å². The van der Waals surface area contributed by atoms with Gasteiger partial charge in [0.15, 0.2) is 0 Å². The fraction of sp³-hybridized carbons (Fsp3) is 0.438. The first-order chi connectivity index (χ1) is 11.9. The number of aliphatic hydroxyl groups is 2. The standard InChI is InChI=1S/C16H18N2O5S2.Na/c1-7-12-11(8(2)20)15(21)18(12)13(16(22)23)14(7)24-4-3-10-9(5-19)17-6-25-10;/h3-4,6-8,11-12,19-20H,5H2,1-2H3,(H,22,23);/q;+1/p-1/b4-3-;/t7-,8-,11-,12-;/m1./s1. The summed E-state index contributed by atoms with van der Waals surface area (Å²) in [6, 6.07) is -0.354. The first kappa shape index (κ1) is 21.6. The van der Waals surface area contributed by atoms with Crippen LogP contribution < -0.4 is 34.7 Å². The van der Waals surface area contributed by atoms with Crippen molar-refractivity contribution in [2.24, 2.45) is 11.8 Å².